The van der Waals surface area contributed by atoms with Gasteiger partial charge in [-0.25, -0.2) is 15.0 Å². The summed E-state index contributed by atoms with van der Waals surface area (Å²) in [7, 11) is 1.56. The van der Waals surface area contributed by atoms with Gasteiger partial charge in [-0.2, -0.15) is 0 Å². The second-order valence-corrected chi connectivity index (χ2v) is 7.50. The number of aryl methyl sites for hydroxylation is 1. The summed E-state index contributed by atoms with van der Waals surface area (Å²) in [6, 6.07) is 10.3. The van der Waals surface area contributed by atoms with E-state index in [0.717, 1.165) is 16.8 Å². The van der Waals surface area contributed by atoms with Gasteiger partial charge in [-0.3, -0.25) is 20.0 Å². The van der Waals surface area contributed by atoms with Crippen LogP contribution in [0, 0.1) is 6.92 Å². The monoisotopic (exact) mass is 447 g/mol. The van der Waals surface area contributed by atoms with Crippen LogP contribution in [0.25, 0.3) is 11.3 Å². The molecule has 3 N–H and O–H groups in total. The molecule has 1 unspecified atom stereocenters. The Kier molecular flexibility index (Phi) is 6.86. The molecule has 1 fully saturated rings. The third-order valence-electron chi connectivity index (χ3n) is 5.28. The van der Waals surface area contributed by atoms with E-state index in [1.165, 1.54) is 0 Å². The number of hydrazine groups is 1. The summed E-state index contributed by atoms with van der Waals surface area (Å²) < 4.78 is 5.38. The molecule has 2 amide bonds. The number of pyridine rings is 1. The number of morpholine rings is 1. The number of rotatable bonds is 6. The Hall–Kier alpha value is -3.89. The lowest BCUT2D eigenvalue weighted by Gasteiger charge is -2.34. The second kappa shape index (κ2) is 10.2. The molecule has 0 radical (unpaired) electrons. The first-order valence-electron chi connectivity index (χ1n) is 10.5. The van der Waals surface area contributed by atoms with Crippen molar-refractivity contribution in [2.24, 2.45) is 0 Å². The van der Waals surface area contributed by atoms with E-state index in [-0.39, 0.29) is 18.4 Å². The van der Waals surface area contributed by atoms with Crippen LogP contribution in [0.2, 0.25) is 0 Å². The number of carbonyl (C=O) groups excluding carboxylic acids is 2. The standard InChI is InChI=1S/C23H25N7O3/c1-15-5-6-16(21(31)29-30-10-11-33-14-20(30)22(32)24-2)12-19(15)28-23-26-9-7-18(27-23)17-4-3-8-25-13-17/h3-9,12-13,20H,10-11,14H2,1-2H3,(H,24,32)(H,29,31)(H,26,27,28). The first kappa shape index (κ1) is 22.3. The van der Waals surface area contributed by atoms with E-state index in [4.69, 9.17) is 4.74 Å². The smallest absolute Gasteiger partial charge is 0.265 e. The van der Waals surface area contributed by atoms with Crippen LogP contribution in [0.15, 0.2) is 55.0 Å². The molecule has 1 atom stereocenters. The minimum Gasteiger partial charge on any atom is -0.378 e. The van der Waals surface area contributed by atoms with E-state index >= 15 is 0 Å². The molecule has 0 bridgehead atoms. The lowest BCUT2D eigenvalue weighted by molar-refractivity contribution is -0.133. The third-order valence-corrected chi connectivity index (χ3v) is 5.28. The molecule has 0 saturated carbocycles. The van der Waals surface area contributed by atoms with Crippen molar-refractivity contribution in [1.82, 2.24) is 30.7 Å². The molecule has 1 aromatic carbocycles. The molecule has 3 aromatic rings. The van der Waals surface area contributed by atoms with Gasteiger partial charge in [-0.15, -0.1) is 0 Å². The van der Waals surface area contributed by atoms with Gasteiger partial charge in [-0.1, -0.05) is 6.07 Å². The number of amides is 2. The van der Waals surface area contributed by atoms with Crippen molar-refractivity contribution in [2.75, 3.05) is 32.1 Å². The fourth-order valence-electron chi connectivity index (χ4n) is 3.43. The van der Waals surface area contributed by atoms with Crippen molar-refractivity contribution in [3.63, 3.8) is 0 Å². The van der Waals surface area contributed by atoms with E-state index in [2.05, 4.69) is 31.0 Å². The minimum atomic E-state index is -0.584. The number of hydrogen-bond donors (Lipinski definition) is 3. The number of likely N-dealkylation sites (N-methyl/N-ethyl adjacent to an activating group) is 1. The highest BCUT2D eigenvalue weighted by atomic mass is 16.5. The highest BCUT2D eigenvalue weighted by Crippen LogP contribution is 2.22. The molecule has 3 heterocycles. The van der Waals surface area contributed by atoms with Crippen molar-refractivity contribution in [3.05, 3.63) is 66.1 Å². The summed E-state index contributed by atoms with van der Waals surface area (Å²) in [4.78, 5) is 38.0. The van der Waals surface area contributed by atoms with Gasteiger partial charge < -0.3 is 15.4 Å². The van der Waals surface area contributed by atoms with E-state index in [0.29, 0.717) is 30.4 Å². The fourth-order valence-corrected chi connectivity index (χ4v) is 3.43. The molecular weight excluding hydrogens is 422 g/mol. The van der Waals surface area contributed by atoms with Crippen LogP contribution in [0.1, 0.15) is 15.9 Å². The van der Waals surface area contributed by atoms with Crippen LogP contribution < -0.4 is 16.1 Å². The maximum Gasteiger partial charge on any atom is 0.265 e. The normalized spacial score (nSPS) is 16.1. The van der Waals surface area contributed by atoms with Gasteiger partial charge in [0.2, 0.25) is 11.9 Å². The topological polar surface area (TPSA) is 121 Å². The minimum absolute atomic E-state index is 0.214. The average Bonchev–Trinajstić information content (AvgIpc) is 2.86. The number of aromatic nitrogens is 3. The molecule has 1 aliphatic rings. The number of anilines is 2. The highest BCUT2D eigenvalue weighted by molar-refractivity contribution is 5.95. The first-order chi connectivity index (χ1) is 16.0. The predicted octanol–water partition coefficient (Wildman–Crippen LogP) is 1.68. The summed E-state index contributed by atoms with van der Waals surface area (Å²) in [5, 5.41) is 7.40. The molecule has 4 rings (SSSR count). The molecule has 33 heavy (non-hydrogen) atoms. The molecule has 10 heteroatoms. The zero-order chi connectivity index (χ0) is 23.2. The van der Waals surface area contributed by atoms with Crippen LogP contribution >= 0.6 is 0 Å². The SMILES string of the molecule is CNC(=O)C1COCCN1NC(=O)c1ccc(C)c(Nc2nccc(-c3cccnc3)n2)c1. The van der Waals surface area contributed by atoms with Gasteiger partial charge in [0.15, 0.2) is 0 Å². The largest absolute Gasteiger partial charge is 0.378 e. The first-order valence-corrected chi connectivity index (χ1v) is 10.5. The van der Waals surface area contributed by atoms with E-state index in [9.17, 15) is 9.59 Å². The molecule has 0 aliphatic carbocycles. The predicted molar refractivity (Wildman–Crippen MR) is 123 cm³/mol. The number of ether oxygens (including phenoxy) is 1. The second-order valence-electron chi connectivity index (χ2n) is 7.50. The lowest BCUT2D eigenvalue weighted by atomic mass is 10.1. The Balaban J connectivity index is 1.51. The number of carbonyl (C=O) groups is 2. The number of hydrogen-bond acceptors (Lipinski definition) is 8. The van der Waals surface area contributed by atoms with Gasteiger partial charge in [0.25, 0.3) is 5.91 Å². The molecule has 1 saturated heterocycles. The van der Waals surface area contributed by atoms with E-state index < -0.39 is 6.04 Å². The van der Waals surface area contributed by atoms with Crippen LogP contribution in [-0.4, -0.2) is 64.6 Å². The Bertz CT molecular complexity index is 1140. The number of benzene rings is 1. The Morgan fingerprint density at radius 3 is 2.85 bits per heavy atom. The summed E-state index contributed by atoms with van der Waals surface area (Å²) in [6.07, 6.45) is 5.11. The molecular formula is C23H25N7O3. The summed E-state index contributed by atoms with van der Waals surface area (Å²) >= 11 is 0. The Morgan fingerprint density at radius 1 is 1.18 bits per heavy atom. The van der Waals surface area contributed by atoms with Gasteiger partial charge in [0, 0.05) is 49.0 Å². The van der Waals surface area contributed by atoms with Gasteiger partial charge >= 0.3 is 0 Å². The highest BCUT2D eigenvalue weighted by Gasteiger charge is 2.30. The van der Waals surface area contributed by atoms with Gasteiger partial charge in [0.05, 0.1) is 18.9 Å². The van der Waals surface area contributed by atoms with Crippen LogP contribution in [0.5, 0.6) is 0 Å². The maximum atomic E-state index is 12.9. The molecule has 10 nitrogen and oxygen atoms in total. The zero-order valence-corrected chi connectivity index (χ0v) is 18.4. The van der Waals surface area contributed by atoms with E-state index in [1.54, 1.807) is 42.8 Å². The van der Waals surface area contributed by atoms with Crippen molar-refractivity contribution < 1.29 is 14.3 Å². The van der Waals surface area contributed by atoms with Crippen molar-refractivity contribution in [1.29, 1.82) is 0 Å². The summed E-state index contributed by atoms with van der Waals surface area (Å²) in [6.45, 7) is 2.98. The van der Waals surface area contributed by atoms with Gasteiger partial charge in [0.1, 0.15) is 6.04 Å². The Morgan fingerprint density at radius 2 is 2.06 bits per heavy atom. The molecule has 0 spiro atoms. The summed E-state index contributed by atoms with van der Waals surface area (Å²) in [5.41, 5.74) is 6.51. The lowest BCUT2D eigenvalue weighted by Crippen LogP contribution is -2.59. The third kappa shape index (κ3) is 5.30. The number of nitrogens with zero attached hydrogens (tertiary/aromatic N) is 4. The molecule has 2 aromatic heterocycles. The van der Waals surface area contributed by atoms with Crippen molar-refractivity contribution in [3.8, 4) is 11.3 Å². The number of nitrogens with one attached hydrogen (secondary N) is 3. The zero-order valence-electron chi connectivity index (χ0n) is 18.4. The Labute approximate surface area is 191 Å². The van der Waals surface area contributed by atoms with Crippen LogP contribution in [-0.2, 0) is 9.53 Å². The average molecular weight is 447 g/mol. The van der Waals surface area contributed by atoms with E-state index in [1.807, 2.05) is 31.2 Å². The maximum absolute atomic E-state index is 12.9. The van der Waals surface area contributed by atoms with Crippen molar-refractivity contribution in [2.45, 2.75) is 13.0 Å². The fraction of sp³-hybridized carbons (Fsp3) is 0.261. The van der Waals surface area contributed by atoms with Crippen molar-refractivity contribution >= 4 is 23.5 Å². The van der Waals surface area contributed by atoms with Crippen LogP contribution in [0.3, 0.4) is 0 Å². The van der Waals surface area contributed by atoms with Crippen LogP contribution in [0.4, 0.5) is 11.6 Å². The summed E-state index contributed by atoms with van der Waals surface area (Å²) in [5.74, 6) is -0.129. The quantitative estimate of drug-likeness (QED) is 0.522. The molecule has 1 aliphatic heterocycles. The van der Waals surface area contributed by atoms with Gasteiger partial charge in [-0.05, 0) is 42.8 Å². The molecule has 170 valence electrons.